The number of ether oxygens (including phenoxy) is 1. The number of fused-ring (bicyclic) bond motifs is 1. The number of nitrogens with zero attached hydrogens (tertiary/aromatic N) is 3. The van der Waals surface area contributed by atoms with Crippen LogP contribution in [0.4, 0.5) is 11.8 Å². The molecule has 0 unspecified atom stereocenters. The summed E-state index contributed by atoms with van der Waals surface area (Å²) in [6.45, 7) is 0.560. The molecule has 0 radical (unpaired) electrons. The Labute approximate surface area is 191 Å². The van der Waals surface area contributed by atoms with Gasteiger partial charge < -0.3 is 20.3 Å². The first-order valence-corrected chi connectivity index (χ1v) is 11.8. The molecule has 2 aliphatic carbocycles. The predicted molar refractivity (Wildman–Crippen MR) is 127 cm³/mol. The number of aryl methyl sites for hydroxylation is 1. The molecular weight excluding hydrogens is 402 g/mol. The van der Waals surface area contributed by atoms with E-state index in [0.29, 0.717) is 12.6 Å². The number of carbonyl (C=O) groups is 1. The molecule has 0 spiro atoms. The number of benzene rings is 1. The van der Waals surface area contributed by atoms with Crippen LogP contribution in [0.25, 0.3) is 0 Å². The number of nitrogens with one attached hydrogen (secondary N) is 2. The highest BCUT2D eigenvalue weighted by atomic mass is 16.5. The molecular formula is C25H35N5O2. The summed E-state index contributed by atoms with van der Waals surface area (Å²) < 4.78 is 5.55. The van der Waals surface area contributed by atoms with Crippen molar-refractivity contribution in [2.75, 3.05) is 30.9 Å². The summed E-state index contributed by atoms with van der Waals surface area (Å²) in [5.74, 6) is 1.76. The number of anilines is 2. The van der Waals surface area contributed by atoms with Crippen LogP contribution in [-0.4, -0.2) is 48.7 Å². The lowest BCUT2D eigenvalue weighted by atomic mass is 9.91. The van der Waals surface area contributed by atoms with Gasteiger partial charge in [-0.3, -0.25) is 4.79 Å². The summed E-state index contributed by atoms with van der Waals surface area (Å²) in [5, 5.41) is 6.69. The molecule has 0 atom stereocenters. The molecule has 1 aromatic carbocycles. The molecule has 0 bridgehead atoms. The Morgan fingerprint density at radius 2 is 1.75 bits per heavy atom. The summed E-state index contributed by atoms with van der Waals surface area (Å²) in [5.41, 5.74) is 3.59. The van der Waals surface area contributed by atoms with Gasteiger partial charge in [0.2, 0.25) is 11.9 Å². The fourth-order valence-corrected chi connectivity index (χ4v) is 4.68. The standard InChI is InChI=1S/C25H35N5O2/c1-30(2)24-21-10-6-7-11-22(21)28-25(29-24)27-20-14-12-19(13-15-20)26-23(31)17-32-16-18-8-4-3-5-9-18/h3-5,8-9,19-20H,6-7,10-17H2,1-2H3,(H,26,31)(H,27,28,29)/t19-,20+. The largest absolute Gasteiger partial charge is 0.367 e. The van der Waals surface area contributed by atoms with Crippen LogP contribution in [-0.2, 0) is 29.0 Å². The topological polar surface area (TPSA) is 79.4 Å². The summed E-state index contributed by atoms with van der Waals surface area (Å²) in [6, 6.07) is 10.5. The maximum Gasteiger partial charge on any atom is 0.246 e. The van der Waals surface area contributed by atoms with Crippen molar-refractivity contribution < 1.29 is 9.53 Å². The Morgan fingerprint density at radius 1 is 1.03 bits per heavy atom. The quantitative estimate of drug-likeness (QED) is 0.658. The van der Waals surface area contributed by atoms with Gasteiger partial charge in [-0.15, -0.1) is 0 Å². The van der Waals surface area contributed by atoms with Crippen molar-refractivity contribution in [3.63, 3.8) is 0 Å². The number of hydrogen-bond acceptors (Lipinski definition) is 6. The van der Waals surface area contributed by atoms with E-state index in [-0.39, 0.29) is 18.6 Å². The molecule has 32 heavy (non-hydrogen) atoms. The van der Waals surface area contributed by atoms with Gasteiger partial charge in [-0.1, -0.05) is 30.3 Å². The van der Waals surface area contributed by atoms with E-state index in [1.165, 1.54) is 24.1 Å². The average Bonchev–Trinajstić information content (AvgIpc) is 2.80. The van der Waals surface area contributed by atoms with Gasteiger partial charge in [-0.2, -0.15) is 4.98 Å². The molecule has 2 N–H and O–H groups in total. The molecule has 2 aliphatic rings. The average molecular weight is 438 g/mol. The molecule has 2 aromatic rings. The Hall–Kier alpha value is -2.67. The van der Waals surface area contributed by atoms with E-state index in [1.54, 1.807) is 0 Å². The summed E-state index contributed by atoms with van der Waals surface area (Å²) in [6.07, 6.45) is 8.43. The van der Waals surface area contributed by atoms with Crippen molar-refractivity contribution in [2.24, 2.45) is 0 Å². The van der Waals surface area contributed by atoms with Crippen LogP contribution < -0.4 is 15.5 Å². The third kappa shape index (κ3) is 5.97. The van der Waals surface area contributed by atoms with Gasteiger partial charge in [0.1, 0.15) is 12.4 Å². The van der Waals surface area contributed by atoms with Gasteiger partial charge in [0, 0.05) is 31.7 Å². The van der Waals surface area contributed by atoms with E-state index >= 15 is 0 Å². The maximum absolute atomic E-state index is 12.2. The molecule has 1 aromatic heterocycles. The summed E-state index contributed by atoms with van der Waals surface area (Å²) in [4.78, 5) is 24.0. The number of hydrogen-bond donors (Lipinski definition) is 2. The number of amides is 1. The van der Waals surface area contributed by atoms with Gasteiger partial charge in [0.25, 0.3) is 0 Å². The Bertz CT molecular complexity index is 895. The molecule has 0 saturated heterocycles. The monoisotopic (exact) mass is 437 g/mol. The van der Waals surface area contributed by atoms with E-state index in [4.69, 9.17) is 14.7 Å². The van der Waals surface area contributed by atoms with Crippen LogP contribution in [0.15, 0.2) is 30.3 Å². The Kier molecular flexibility index (Phi) is 7.58. The van der Waals surface area contributed by atoms with E-state index in [0.717, 1.165) is 55.9 Å². The van der Waals surface area contributed by atoms with E-state index in [2.05, 4.69) is 29.6 Å². The Morgan fingerprint density at radius 3 is 2.50 bits per heavy atom. The SMILES string of the molecule is CN(C)c1nc(N[C@H]2CC[C@@H](NC(=O)COCc3ccccc3)CC2)nc2c1CCCC2. The molecule has 4 rings (SSSR count). The van der Waals surface area contributed by atoms with Crippen molar-refractivity contribution in [2.45, 2.75) is 70.1 Å². The van der Waals surface area contributed by atoms with Gasteiger partial charge in [0.05, 0.1) is 12.3 Å². The highest BCUT2D eigenvalue weighted by Gasteiger charge is 2.24. The first-order chi connectivity index (χ1) is 15.6. The van der Waals surface area contributed by atoms with Crippen LogP contribution in [0.5, 0.6) is 0 Å². The van der Waals surface area contributed by atoms with Crippen molar-refractivity contribution >= 4 is 17.7 Å². The van der Waals surface area contributed by atoms with Crippen LogP contribution in [0, 0.1) is 0 Å². The lowest BCUT2D eigenvalue weighted by Gasteiger charge is -2.30. The fraction of sp³-hybridized carbons (Fsp3) is 0.560. The van der Waals surface area contributed by atoms with Crippen molar-refractivity contribution in [3.05, 3.63) is 47.2 Å². The van der Waals surface area contributed by atoms with Crippen molar-refractivity contribution in [3.8, 4) is 0 Å². The minimum atomic E-state index is -0.0361. The second kappa shape index (κ2) is 10.8. The van der Waals surface area contributed by atoms with E-state index in [1.807, 2.05) is 30.3 Å². The molecule has 1 fully saturated rings. The highest BCUT2D eigenvalue weighted by molar-refractivity contribution is 5.77. The van der Waals surface area contributed by atoms with Crippen LogP contribution >= 0.6 is 0 Å². The van der Waals surface area contributed by atoms with Crippen molar-refractivity contribution in [1.82, 2.24) is 15.3 Å². The lowest BCUT2D eigenvalue weighted by molar-refractivity contribution is -0.127. The molecule has 7 heteroatoms. The Balaban J connectivity index is 1.23. The first-order valence-electron chi connectivity index (χ1n) is 11.8. The second-order valence-electron chi connectivity index (χ2n) is 9.14. The van der Waals surface area contributed by atoms with Crippen molar-refractivity contribution in [1.29, 1.82) is 0 Å². The van der Waals surface area contributed by atoms with E-state index in [9.17, 15) is 4.79 Å². The zero-order valence-corrected chi connectivity index (χ0v) is 19.3. The normalized spacial score (nSPS) is 20.3. The summed E-state index contributed by atoms with van der Waals surface area (Å²) >= 11 is 0. The molecule has 1 amide bonds. The van der Waals surface area contributed by atoms with Gasteiger partial charge in [-0.05, 0) is 56.9 Å². The number of carbonyl (C=O) groups excluding carboxylic acids is 1. The lowest BCUT2D eigenvalue weighted by Crippen LogP contribution is -2.41. The maximum atomic E-state index is 12.2. The van der Waals surface area contributed by atoms with E-state index < -0.39 is 0 Å². The molecule has 1 heterocycles. The van der Waals surface area contributed by atoms with Crippen LogP contribution in [0.3, 0.4) is 0 Å². The highest BCUT2D eigenvalue weighted by Crippen LogP contribution is 2.29. The first kappa shape index (κ1) is 22.5. The van der Waals surface area contributed by atoms with Crippen LogP contribution in [0.2, 0.25) is 0 Å². The smallest absolute Gasteiger partial charge is 0.246 e. The van der Waals surface area contributed by atoms with Gasteiger partial charge in [0.15, 0.2) is 0 Å². The number of rotatable bonds is 8. The molecule has 1 saturated carbocycles. The molecule has 0 aliphatic heterocycles. The minimum absolute atomic E-state index is 0.0361. The molecule has 172 valence electrons. The number of aromatic nitrogens is 2. The third-order valence-electron chi connectivity index (χ3n) is 6.36. The minimum Gasteiger partial charge on any atom is -0.367 e. The second-order valence-corrected chi connectivity index (χ2v) is 9.14. The van der Waals surface area contributed by atoms with Crippen LogP contribution in [0.1, 0.15) is 55.3 Å². The zero-order chi connectivity index (χ0) is 22.3. The predicted octanol–water partition coefficient (Wildman–Crippen LogP) is 3.48. The van der Waals surface area contributed by atoms with Gasteiger partial charge >= 0.3 is 0 Å². The summed E-state index contributed by atoms with van der Waals surface area (Å²) in [7, 11) is 4.11. The zero-order valence-electron chi connectivity index (χ0n) is 19.3. The molecule has 7 nitrogen and oxygen atoms in total. The van der Waals surface area contributed by atoms with Gasteiger partial charge in [-0.25, -0.2) is 4.98 Å². The fourth-order valence-electron chi connectivity index (χ4n) is 4.68. The third-order valence-corrected chi connectivity index (χ3v) is 6.36.